The molecule has 148 valence electrons. The number of fused-ring (bicyclic) bond motifs is 1. The molecule has 0 unspecified atom stereocenters. The standard InChI is InChI=1S/C20H27F3N4/c1-13-10-17(19(2)8-3-9-24-12-19)27-18(25-13)11-16(26-27)14-4-6-15(7-5-14)20(21,22)23/h10-11,14-15,24H,3-9,12H2,1-2H3/t14-,15-,19-/m1/s1. The summed E-state index contributed by atoms with van der Waals surface area (Å²) < 4.78 is 40.8. The van der Waals surface area contributed by atoms with E-state index in [1.165, 1.54) is 0 Å². The summed E-state index contributed by atoms with van der Waals surface area (Å²) in [5.74, 6) is -1.07. The van der Waals surface area contributed by atoms with Gasteiger partial charge in [-0.2, -0.15) is 18.3 Å². The largest absolute Gasteiger partial charge is 0.391 e. The number of aromatic nitrogens is 3. The van der Waals surface area contributed by atoms with Gasteiger partial charge >= 0.3 is 6.18 Å². The molecule has 2 aromatic rings. The van der Waals surface area contributed by atoms with Gasteiger partial charge in [0.1, 0.15) is 0 Å². The van der Waals surface area contributed by atoms with Crippen LogP contribution in [0.5, 0.6) is 0 Å². The van der Waals surface area contributed by atoms with Crippen molar-refractivity contribution in [3.63, 3.8) is 0 Å². The van der Waals surface area contributed by atoms with Crippen molar-refractivity contribution in [2.24, 2.45) is 5.92 Å². The number of aryl methyl sites for hydroxylation is 1. The Morgan fingerprint density at radius 1 is 1.19 bits per heavy atom. The van der Waals surface area contributed by atoms with E-state index in [9.17, 15) is 13.2 Å². The first kappa shape index (κ1) is 18.7. The molecule has 0 bridgehead atoms. The summed E-state index contributed by atoms with van der Waals surface area (Å²) in [7, 11) is 0. The average Bonchev–Trinajstić information content (AvgIpc) is 3.04. The van der Waals surface area contributed by atoms with Crippen LogP contribution >= 0.6 is 0 Å². The minimum atomic E-state index is -4.07. The number of nitrogens with zero attached hydrogens (tertiary/aromatic N) is 3. The van der Waals surface area contributed by atoms with Gasteiger partial charge in [0.2, 0.25) is 0 Å². The lowest BCUT2D eigenvalue weighted by molar-refractivity contribution is -0.182. The van der Waals surface area contributed by atoms with Crippen molar-refractivity contribution in [2.75, 3.05) is 13.1 Å². The summed E-state index contributed by atoms with van der Waals surface area (Å²) in [4.78, 5) is 4.63. The van der Waals surface area contributed by atoms with Crippen molar-refractivity contribution < 1.29 is 13.2 Å². The van der Waals surface area contributed by atoms with E-state index in [-0.39, 0.29) is 24.2 Å². The SMILES string of the molecule is Cc1cc([C@]2(C)CCCNC2)n2nc([C@H]3CC[C@H](C(F)(F)F)CC3)cc2n1. The van der Waals surface area contributed by atoms with E-state index < -0.39 is 12.1 Å². The number of nitrogens with one attached hydrogen (secondary N) is 1. The van der Waals surface area contributed by atoms with Gasteiger partial charge in [-0.05, 0) is 58.1 Å². The van der Waals surface area contributed by atoms with Gasteiger partial charge in [0.05, 0.1) is 17.3 Å². The highest BCUT2D eigenvalue weighted by atomic mass is 19.4. The van der Waals surface area contributed by atoms with Gasteiger partial charge in [0.15, 0.2) is 5.65 Å². The van der Waals surface area contributed by atoms with Crippen LogP contribution in [-0.4, -0.2) is 33.9 Å². The third-order valence-corrected chi connectivity index (χ3v) is 6.40. The highest BCUT2D eigenvalue weighted by Crippen LogP contribution is 2.43. The number of piperidine rings is 1. The zero-order chi connectivity index (χ0) is 19.2. The molecule has 0 aromatic carbocycles. The second kappa shape index (κ2) is 6.76. The van der Waals surface area contributed by atoms with Crippen molar-refractivity contribution in [2.45, 2.75) is 69.9 Å². The smallest absolute Gasteiger partial charge is 0.316 e. The fourth-order valence-corrected chi connectivity index (χ4v) is 4.74. The number of rotatable bonds is 2. The molecule has 4 rings (SSSR count). The Hall–Kier alpha value is -1.63. The summed E-state index contributed by atoms with van der Waals surface area (Å²) in [5.41, 5.74) is 3.79. The molecular formula is C20H27F3N4. The maximum Gasteiger partial charge on any atom is 0.391 e. The van der Waals surface area contributed by atoms with Gasteiger partial charge in [0.25, 0.3) is 0 Å². The summed E-state index contributed by atoms with van der Waals surface area (Å²) in [6.07, 6.45) is -0.383. The second-order valence-electron chi connectivity index (χ2n) is 8.55. The van der Waals surface area contributed by atoms with Crippen LogP contribution in [0.15, 0.2) is 12.1 Å². The van der Waals surface area contributed by atoms with E-state index in [4.69, 9.17) is 5.10 Å². The van der Waals surface area contributed by atoms with E-state index >= 15 is 0 Å². The minimum absolute atomic E-state index is 0.0125. The predicted molar refractivity (Wildman–Crippen MR) is 97.9 cm³/mol. The Morgan fingerprint density at radius 3 is 2.56 bits per heavy atom. The van der Waals surface area contributed by atoms with Crippen LogP contribution in [-0.2, 0) is 5.41 Å². The maximum atomic E-state index is 12.9. The molecule has 2 fully saturated rings. The van der Waals surface area contributed by atoms with Crippen molar-refractivity contribution in [1.29, 1.82) is 0 Å². The zero-order valence-corrected chi connectivity index (χ0v) is 15.9. The number of alkyl halides is 3. The summed E-state index contributed by atoms with van der Waals surface area (Å²) in [6.45, 7) is 6.18. The van der Waals surface area contributed by atoms with Crippen LogP contribution in [0.1, 0.15) is 68.4 Å². The first-order valence-electron chi connectivity index (χ1n) is 9.91. The average molecular weight is 380 g/mol. The topological polar surface area (TPSA) is 42.2 Å². The molecule has 0 amide bonds. The summed E-state index contributed by atoms with van der Waals surface area (Å²) >= 11 is 0. The van der Waals surface area contributed by atoms with Crippen LogP contribution < -0.4 is 5.32 Å². The molecule has 4 nitrogen and oxygen atoms in total. The van der Waals surface area contributed by atoms with Crippen LogP contribution in [0.25, 0.3) is 5.65 Å². The fraction of sp³-hybridized carbons (Fsp3) is 0.700. The van der Waals surface area contributed by atoms with Gasteiger partial charge in [-0.15, -0.1) is 0 Å². The van der Waals surface area contributed by atoms with E-state index in [1.807, 2.05) is 17.5 Å². The molecular weight excluding hydrogens is 353 g/mol. The lowest BCUT2D eigenvalue weighted by atomic mass is 9.79. The van der Waals surface area contributed by atoms with E-state index in [0.717, 1.165) is 48.7 Å². The van der Waals surface area contributed by atoms with Gasteiger partial charge in [-0.25, -0.2) is 9.50 Å². The Kier molecular flexibility index (Phi) is 4.69. The minimum Gasteiger partial charge on any atom is -0.316 e. The van der Waals surface area contributed by atoms with Crippen LogP contribution in [0, 0.1) is 12.8 Å². The molecule has 0 radical (unpaired) electrons. The molecule has 1 saturated carbocycles. The third kappa shape index (κ3) is 3.58. The Balaban J connectivity index is 1.64. The molecule has 27 heavy (non-hydrogen) atoms. The quantitative estimate of drug-likeness (QED) is 0.833. The van der Waals surface area contributed by atoms with Gasteiger partial charge in [-0.1, -0.05) is 6.92 Å². The number of halogens is 3. The molecule has 1 N–H and O–H groups in total. The van der Waals surface area contributed by atoms with Crippen molar-refractivity contribution in [1.82, 2.24) is 19.9 Å². The molecule has 1 aliphatic heterocycles. The molecule has 3 heterocycles. The molecule has 1 atom stereocenters. The normalized spacial score (nSPS) is 30.0. The first-order chi connectivity index (χ1) is 12.8. The Morgan fingerprint density at radius 2 is 1.93 bits per heavy atom. The lowest BCUT2D eigenvalue weighted by Gasteiger charge is -2.34. The summed E-state index contributed by atoms with van der Waals surface area (Å²) in [6, 6.07) is 4.09. The van der Waals surface area contributed by atoms with Crippen LogP contribution in [0.2, 0.25) is 0 Å². The van der Waals surface area contributed by atoms with Crippen molar-refractivity contribution >= 4 is 5.65 Å². The fourth-order valence-electron chi connectivity index (χ4n) is 4.74. The van der Waals surface area contributed by atoms with Gasteiger partial charge in [-0.3, -0.25) is 0 Å². The molecule has 1 aliphatic carbocycles. The highest BCUT2D eigenvalue weighted by Gasteiger charge is 2.42. The van der Waals surface area contributed by atoms with E-state index in [0.29, 0.717) is 12.8 Å². The lowest BCUT2D eigenvalue weighted by Crippen LogP contribution is -2.42. The molecule has 1 saturated heterocycles. The zero-order valence-electron chi connectivity index (χ0n) is 15.9. The Bertz CT molecular complexity index is 812. The first-order valence-corrected chi connectivity index (χ1v) is 9.91. The molecule has 0 spiro atoms. The highest BCUT2D eigenvalue weighted by molar-refractivity contribution is 5.44. The third-order valence-electron chi connectivity index (χ3n) is 6.40. The van der Waals surface area contributed by atoms with Crippen molar-refractivity contribution in [3.8, 4) is 0 Å². The van der Waals surface area contributed by atoms with Crippen LogP contribution in [0.4, 0.5) is 13.2 Å². The Labute approximate surface area is 157 Å². The maximum absolute atomic E-state index is 12.9. The van der Waals surface area contributed by atoms with E-state index in [2.05, 4.69) is 23.3 Å². The van der Waals surface area contributed by atoms with Gasteiger partial charge < -0.3 is 5.32 Å². The van der Waals surface area contributed by atoms with E-state index in [1.54, 1.807) is 0 Å². The van der Waals surface area contributed by atoms with Gasteiger partial charge in [0, 0.05) is 29.6 Å². The van der Waals surface area contributed by atoms with Crippen LogP contribution in [0.3, 0.4) is 0 Å². The molecule has 7 heteroatoms. The monoisotopic (exact) mass is 380 g/mol. The molecule has 2 aromatic heterocycles. The number of hydrogen-bond donors (Lipinski definition) is 1. The number of hydrogen-bond acceptors (Lipinski definition) is 3. The second-order valence-corrected chi connectivity index (χ2v) is 8.55. The summed E-state index contributed by atoms with van der Waals surface area (Å²) in [5, 5.41) is 8.31. The molecule has 2 aliphatic rings. The predicted octanol–water partition coefficient (Wildman–Crippen LogP) is 4.51. The van der Waals surface area contributed by atoms with Crippen molar-refractivity contribution in [3.05, 3.63) is 29.2 Å².